The maximum atomic E-state index is 13.1. The number of hydrogen-bond acceptors (Lipinski definition) is 7. The average molecular weight is 413 g/mol. The molecule has 30 heavy (non-hydrogen) atoms. The molecule has 3 aliphatic rings. The lowest BCUT2D eigenvalue weighted by Crippen LogP contribution is -2.37. The molecular formula is C23H27NO6. The minimum absolute atomic E-state index is 0.0549. The lowest BCUT2D eigenvalue weighted by molar-refractivity contribution is -0.148. The van der Waals surface area contributed by atoms with Gasteiger partial charge in [-0.2, -0.15) is 0 Å². The summed E-state index contributed by atoms with van der Waals surface area (Å²) in [6, 6.07) is 5.59. The van der Waals surface area contributed by atoms with Crippen LogP contribution in [0.4, 0.5) is 0 Å². The van der Waals surface area contributed by atoms with E-state index in [4.69, 9.17) is 18.9 Å². The van der Waals surface area contributed by atoms with Gasteiger partial charge < -0.3 is 18.9 Å². The van der Waals surface area contributed by atoms with Gasteiger partial charge in [0.2, 0.25) is 6.79 Å². The van der Waals surface area contributed by atoms with E-state index in [0.717, 1.165) is 30.5 Å². The van der Waals surface area contributed by atoms with Gasteiger partial charge in [0.25, 0.3) is 0 Å². The number of allylic oxidation sites excluding steroid dienone is 2. The summed E-state index contributed by atoms with van der Waals surface area (Å²) in [7, 11) is 0. The first-order chi connectivity index (χ1) is 14.6. The van der Waals surface area contributed by atoms with Crippen LogP contribution in [0, 0.1) is 5.92 Å². The third-order valence-corrected chi connectivity index (χ3v) is 5.66. The molecule has 0 bridgehead atoms. The number of carbonyl (C=O) groups is 2. The highest BCUT2D eigenvalue weighted by molar-refractivity contribution is 6.08. The van der Waals surface area contributed by atoms with Crippen molar-refractivity contribution in [2.24, 2.45) is 10.9 Å². The Balaban J connectivity index is 1.65. The largest absolute Gasteiger partial charge is 0.463 e. The smallest absolute Gasteiger partial charge is 0.315 e. The summed E-state index contributed by atoms with van der Waals surface area (Å²) in [5, 5.41) is 0. The van der Waals surface area contributed by atoms with Crippen molar-refractivity contribution in [2.45, 2.75) is 45.4 Å². The van der Waals surface area contributed by atoms with Gasteiger partial charge >= 0.3 is 5.97 Å². The number of hydrogen-bond donors (Lipinski definition) is 0. The zero-order chi connectivity index (χ0) is 21.1. The van der Waals surface area contributed by atoms with Crippen LogP contribution in [0.25, 0.3) is 0 Å². The molecule has 1 aromatic carbocycles. The van der Waals surface area contributed by atoms with E-state index >= 15 is 0 Å². The molecule has 1 unspecified atom stereocenters. The monoisotopic (exact) mass is 413 g/mol. The van der Waals surface area contributed by atoms with Gasteiger partial charge in [-0.3, -0.25) is 14.6 Å². The predicted octanol–water partition coefficient (Wildman–Crippen LogP) is 3.57. The van der Waals surface area contributed by atoms with Crippen LogP contribution in [0.15, 0.2) is 34.5 Å². The summed E-state index contributed by atoms with van der Waals surface area (Å²) >= 11 is 0. The Hall–Kier alpha value is -2.67. The summed E-state index contributed by atoms with van der Waals surface area (Å²) in [6.07, 6.45) is 2.91. The molecule has 0 spiro atoms. The third-order valence-electron chi connectivity index (χ3n) is 5.66. The summed E-state index contributed by atoms with van der Waals surface area (Å²) in [6.45, 7) is 5.19. The Morgan fingerprint density at radius 1 is 1.17 bits per heavy atom. The van der Waals surface area contributed by atoms with Crippen LogP contribution in [-0.4, -0.2) is 44.1 Å². The van der Waals surface area contributed by atoms with Crippen molar-refractivity contribution in [3.05, 3.63) is 35.0 Å². The second kappa shape index (κ2) is 9.00. The molecule has 0 amide bonds. The van der Waals surface area contributed by atoms with Gasteiger partial charge in [-0.15, -0.1) is 0 Å². The average Bonchev–Trinajstić information content (AvgIpc) is 3.20. The first-order valence-corrected chi connectivity index (χ1v) is 10.6. The molecule has 1 aromatic rings. The summed E-state index contributed by atoms with van der Waals surface area (Å²) < 4.78 is 21.9. The first-order valence-electron chi connectivity index (χ1n) is 10.6. The van der Waals surface area contributed by atoms with Crippen LogP contribution >= 0.6 is 0 Å². The van der Waals surface area contributed by atoms with Crippen molar-refractivity contribution in [3.63, 3.8) is 0 Å². The lowest BCUT2D eigenvalue weighted by atomic mass is 9.71. The number of ether oxygens (including phenoxy) is 4. The summed E-state index contributed by atoms with van der Waals surface area (Å²) in [5.41, 5.74) is 2.93. The van der Waals surface area contributed by atoms with Gasteiger partial charge in [-0.05, 0) is 43.9 Å². The van der Waals surface area contributed by atoms with Crippen molar-refractivity contribution >= 4 is 17.5 Å². The van der Waals surface area contributed by atoms with Crippen molar-refractivity contribution in [1.82, 2.24) is 0 Å². The Labute approximate surface area is 176 Å². The number of fused-ring (bicyclic) bond motifs is 1. The fourth-order valence-corrected chi connectivity index (χ4v) is 4.32. The highest BCUT2D eigenvalue weighted by Crippen LogP contribution is 2.45. The number of carbonyl (C=O) groups excluding carboxylic acids is 2. The van der Waals surface area contributed by atoms with Gasteiger partial charge in [0, 0.05) is 35.9 Å². The van der Waals surface area contributed by atoms with Gasteiger partial charge in [0.05, 0.1) is 6.61 Å². The highest BCUT2D eigenvalue weighted by Gasteiger charge is 2.43. The number of Topliss-reactive ketones (excluding diaryl/α,β-unsaturated/α-hetero) is 1. The molecule has 2 aliphatic heterocycles. The van der Waals surface area contributed by atoms with Crippen molar-refractivity contribution in [2.75, 3.05) is 26.6 Å². The molecule has 160 valence electrons. The minimum atomic E-state index is -0.655. The standard InChI is InChI=1S/C23H27NO6/c1-3-9-27-10-11-28-23(26)20-14(2)24-16-5-4-6-17(25)22(16)21(20)15-7-8-18-19(12-15)30-13-29-18/h7-8,12,20-21H,3-6,9-11,13H2,1-2H3/t20?,21-/m1/s1. The zero-order valence-corrected chi connectivity index (χ0v) is 17.4. The van der Waals surface area contributed by atoms with E-state index in [1.165, 1.54) is 0 Å². The molecule has 7 nitrogen and oxygen atoms in total. The van der Waals surface area contributed by atoms with E-state index in [1.807, 2.05) is 32.0 Å². The molecule has 1 aliphatic carbocycles. The molecule has 7 heteroatoms. The molecule has 0 N–H and O–H groups in total. The van der Waals surface area contributed by atoms with Gasteiger partial charge in [0.1, 0.15) is 12.5 Å². The first kappa shape index (κ1) is 20.6. The quantitative estimate of drug-likeness (QED) is 0.502. The Bertz CT molecular complexity index is 903. The van der Waals surface area contributed by atoms with E-state index in [1.54, 1.807) is 0 Å². The van der Waals surface area contributed by atoms with Crippen molar-refractivity contribution in [3.8, 4) is 11.5 Å². The second-order valence-electron chi connectivity index (χ2n) is 7.74. The van der Waals surface area contributed by atoms with Crippen LogP contribution < -0.4 is 9.47 Å². The number of rotatable bonds is 7. The Morgan fingerprint density at radius 2 is 2.00 bits per heavy atom. The predicted molar refractivity (Wildman–Crippen MR) is 110 cm³/mol. The molecule has 0 radical (unpaired) electrons. The van der Waals surface area contributed by atoms with Crippen LogP contribution in [0.5, 0.6) is 11.5 Å². The van der Waals surface area contributed by atoms with E-state index < -0.39 is 11.8 Å². The van der Waals surface area contributed by atoms with Crippen LogP contribution in [-0.2, 0) is 19.1 Å². The van der Waals surface area contributed by atoms with Gasteiger partial charge in [-0.25, -0.2) is 0 Å². The maximum Gasteiger partial charge on any atom is 0.315 e. The topological polar surface area (TPSA) is 83.4 Å². The fourth-order valence-electron chi connectivity index (χ4n) is 4.32. The summed E-state index contributed by atoms with van der Waals surface area (Å²) in [4.78, 5) is 30.6. The molecular weight excluding hydrogens is 386 g/mol. The SMILES string of the molecule is CCCOCCOC(=O)C1C(C)=NC2=C(C(=O)CCC2)[C@@H]1c1ccc2c(c1)OCO2. The number of esters is 1. The molecule has 4 rings (SSSR count). The van der Waals surface area contributed by atoms with Crippen LogP contribution in [0.3, 0.4) is 0 Å². The minimum Gasteiger partial charge on any atom is -0.463 e. The molecule has 0 aromatic heterocycles. The second-order valence-corrected chi connectivity index (χ2v) is 7.74. The zero-order valence-electron chi connectivity index (χ0n) is 17.4. The van der Waals surface area contributed by atoms with Crippen LogP contribution in [0.1, 0.15) is 51.0 Å². The highest BCUT2D eigenvalue weighted by atomic mass is 16.7. The van der Waals surface area contributed by atoms with E-state index in [2.05, 4.69) is 4.99 Å². The number of ketones is 1. The molecule has 2 atom stereocenters. The molecule has 0 fully saturated rings. The van der Waals surface area contributed by atoms with Crippen molar-refractivity contribution < 1.29 is 28.5 Å². The van der Waals surface area contributed by atoms with Crippen molar-refractivity contribution in [1.29, 1.82) is 0 Å². The molecule has 0 saturated heterocycles. The number of nitrogens with zero attached hydrogens (tertiary/aromatic N) is 1. The molecule has 2 heterocycles. The number of benzene rings is 1. The van der Waals surface area contributed by atoms with Crippen LogP contribution in [0.2, 0.25) is 0 Å². The Morgan fingerprint density at radius 3 is 2.83 bits per heavy atom. The number of aliphatic imine (C=N–C) groups is 1. The third kappa shape index (κ3) is 3.99. The van der Waals surface area contributed by atoms with E-state index in [0.29, 0.717) is 42.4 Å². The Kier molecular flexibility index (Phi) is 6.18. The summed E-state index contributed by atoms with van der Waals surface area (Å²) in [5.74, 6) is -0.140. The van der Waals surface area contributed by atoms with E-state index in [-0.39, 0.29) is 25.2 Å². The molecule has 0 saturated carbocycles. The normalized spacial score (nSPS) is 22.6. The maximum absolute atomic E-state index is 13.1. The van der Waals surface area contributed by atoms with Gasteiger partial charge in [-0.1, -0.05) is 13.0 Å². The fraction of sp³-hybridized carbons (Fsp3) is 0.522. The van der Waals surface area contributed by atoms with Gasteiger partial charge in [0.15, 0.2) is 17.3 Å². The lowest BCUT2D eigenvalue weighted by Gasteiger charge is -2.34. The van der Waals surface area contributed by atoms with E-state index in [9.17, 15) is 9.59 Å².